The largest absolute Gasteiger partial charge is 0.397 e. The van der Waals surface area contributed by atoms with Crippen LogP contribution in [0.25, 0.3) is 0 Å². The number of anilines is 2. The van der Waals surface area contributed by atoms with E-state index in [1.807, 2.05) is 0 Å². The van der Waals surface area contributed by atoms with E-state index in [4.69, 9.17) is 11.5 Å². The average molecular weight is 250 g/mol. The lowest BCUT2D eigenvalue weighted by Gasteiger charge is -2.22. The number of nitrogen functional groups attached to an aromatic ring is 1. The molecule has 18 heavy (non-hydrogen) atoms. The third kappa shape index (κ3) is 3.63. The second-order valence-electron chi connectivity index (χ2n) is 4.64. The predicted molar refractivity (Wildman–Crippen MR) is 75.6 cm³/mol. The summed E-state index contributed by atoms with van der Waals surface area (Å²) in [5.41, 5.74) is 12.8. The van der Waals surface area contributed by atoms with Gasteiger partial charge in [0.05, 0.1) is 16.9 Å². The molecule has 1 rings (SSSR count). The van der Waals surface area contributed by atoms with Crippen LogP contribution >= 0.6 is 0 Å². The molecule has 0 heterocycles. The van der Waals surface area contributed by atoms with E-state index in [0.29, 0.717) is 29.5 Å². The average Bonchev–Trinajstić information content (AvgIpc) is 2.30. The number of rotatable bonds is 6. The molecule has 0 spiro atoms. The molecule has 0 aliphatic heterocycles. The van der Waals surface area contributed by atoms with Crippen LogP contribution in [0.1, 0.15) is 24.2 Å². The molecule has 0 bridgehead atoms. The van der Waals surface area contributed by atoms with Crippen LogP contribution in [0.15, 0.2) is 18.2 Å². The molecule has 0 aromatic heterocycles. The number of primary amides is 1. The van der Waals surface area contributed by atoms with Crippen LogP contribution < -0.4 is 16.8 Å². The molecular weight excluding hydrogens is 228 g/mol. The normalized spacial score (nSPS) is 10.9. The van der Waals surface area contributed by atoms with Gasteiger partial charge in [-0.3, -0.25) is 4.79 Å². The highest BCUT2D eigenvalue weighted by atomic mass is 16.1. The standard InChI is InChI=1S/C13H22N4O/c1-9(2)17(3)8-7-16-12-10(13(15)18)5-4-6-11(12)14/h4-6,9,16H,7-8,14H2,1-3H3,(H2,15,18). The van der Waals surface area contributed by atoms with E-state index >= 15 is 0 Å². The number of nitrogens with one attached hydrogen (secondary N) is 1. The second-order valence-corrected chi connectivity index (χ2v) is 4.64. The number of amides is 1. The topological polar surface area (TPSA) is 84.4 Å². The van der Waals surface area contributed by atoms with Gasteiger partial charge in [-0.25, -0.2) is 0 Å². The molecule has 0 unspecified atom stereocenters. The molecule has 0 aliphatic carbocycles. The van der Waals surface area contributed by atoms with Gasteiger partial charge in [0.1, 0.15) is 0 Å². The van der Waals surface area contributed by atoms with Gasteiger partial charge >= 0.3 is 0 Å². The lowest BCUT2D eigenvalue weighted by molar-refractivity contribution is 0.100. The van der Waals surface area contributed by atoms with Gasteiger partial charge in [-0.15, -0.1) is 0 Å². The van der Waals surface area contributed by atoms with Crippen LogP contribution in [-0.2, 0) is 0 Å². The summed E-state index contributed by atoms with van der Waals surface area (Å²) in [6.07, 6.45) is 0. The first kappa shape index (κ1) is 14.3. The van der Waals surface area contributed by atoms with Gasteiger partial charge in [0.2, 0.25) is 0 Å². The first-order valence-electron chi connectivity index (χ1n) is 6.06. The van der Waals surface area contributed by atoms with Crippen molar-refractivity contribution in [1.29, 1.82) is 0 Å². The third-order valence-electron chi connectivity index (χ3n) is 3.01. The van der Waals surface area contributed by atoms with Gasteiger partial charge in [-0.2, -0.15) is 0 Å². The van der Waals surface area contributed by atoms with Crippen LogP contribution in [0.5, 0.6) is 0 Å². The van der Waals surface area contributed by atoms with Crippen LogP contribution in [0.2, 0.25) is 0 Å². The van der Waals surface area contributed by atoms with E-state index in [9.17, 15) is 4.79 Å². The summed E-state index contributed by atoms with van der Waals surface area (Å²) >= 11 is 0. The Morgan fingerprint density at radius 3 is 2.67 bits per heavy atom. The second kappa shape index (κ2) is 6.26. The van der Waals surface area contributed by atoms with Crippen molar-refractivity contribution in [1.82, 2.24) is 4.90 Å². The van der Waals surface area contributed by atoms with Crippen molar-refractivity contribution in [3.05, 3.63) is 23.8 Å². The molecular formula is C13H22N4O. The molecule has 0 aliphatic rings. The lowest BCUT2D eigenvalue weighted by atomic mass is 10.1. The molecule has 1 aromatic carbocycles. The minimum atomic E-state index is -0.470. The highest BCUT2D eigenvalue weighted by Gasteiger charge is 2.10. The first-order chi connectivity index (χ1) is 8.43. The summed E-state index contributed by atoms with van der Waals surface area (Å²) in [7, 11) is 2.05. The highest BCUT2D eigenvalue weighted by molar-refractivity contribution is 6.01. The number of carbonyl (C=O) groups is 1. The number of para-hydroxylation sites is 1. The predicted octanol–water partition coefficient (Wildman–Crippen LogP) is 1.12. The van der Waals surface area contributed by atoms with Crippen LogP contribution in [0, 0.1) is 0 Å². The van der Waals surface area contributed by atoms with Crippen molar-refractivity contribution in [2.75, 3.05) is 31.2 Å². The summed E-state index contributed by atoms with van der Waals surface area (Å²) in [4.78, 5) is 13.5. The summed E-state index contributed by atoms with van der Waals surface area (Å²) in [6, 6.07) is 5.63. The van der Waals surface area contributed by atoms with Crippen molar-refractivity contribution >= 4 is 17.3 Å². The highest BCUT2D eigenvalue weighted by Crippen LogP contribution is 2.22. The van der Waals surface area contributed by atoms with Crippen molar-refractivity contribution in [3.8, 4) is 0 Å². The van der Waals surface area contributed by atoms with Gasteiger partial charge in [0, 0.05) is 19.1 Å². The Labute approximate surface area is 108 Å². The first-order valence-corrected chi connectivity index (χ1v) is 6.06. The zero-order valence-electron chi connectivity index (χ0n) is 11.2. The monoisotopic (exact) mass is 250 g/mol. The van der Waals surface area contributed by atoms with E-state index in [0.717, 1.165) is 6.54 Å². The fourth-order valence-corrected chi connectivity index (χ4v) is 1.59. The Balaban J connectivity index is 2.70. The van der Waals surface area contributed by atoms with Gasteiger partial charge in [0.15, 0.2) is 0 Å². The Morgan fingerprint density at radius 2 is 2.11 bits per heavy atom. The van der Waals surface area contributed by atoms with Crippen molar-refractivity contribution in [2.45, 2.75) is 19.9 Å². The molecule has 0 radical (unpaired) electrons. The molecule has 5 N–H and O–H groups in total. The van der Waals surface area contributed by atoms with Crippen LogP contribution in [-0.4, -0.2) is 37.0 Å². The maximum Gasteiger partial charge on any atom is 0.250 e. The SMILES string of the molecule is CC(C)N(C)CCNc1c(N)cccc1C(N)=O. The maximum atomic E-state index is 11.3. The van der Waals surface area contributed by atoms with Gasteiger partial charge in [-0.05, 0) is 33.0 Å². The Hall–Kier alpha value is -1.75. The van der Waals surface area contributed by atoms with Crippen LogP contribution in [0.4, 0.5) is 11.4 Å². The molecule has 0 atom stereocenters. The van der Waals surface area contributed by atoms with E-state index in [-0.39, 0.29) is 0 Å². The molecule has 0 saturated heterocycles. The summed E-state index contributed by atoms with van der Waals surface area (Å²) in [6.45, 7) is 5.84. The summed E-state index contributed by atoms with van der Waals surface area (Å²) in [5.74, 6) is -0.470. The molecule has 1 amide bonds. The van der Waals surface area contributed by atoms with Gasteiger partial charge in [0.25, 0.3) is 5.91 Å². The number of hydrogen-bond donors (Lipinski definition) is 3. The maximum absolute atomic E-state index is 11.3. The van der Waals surface area contributed by atoms with Crippen molar-refractivity contribution in [2.24, 2.45) is 5.73 Å². The van der Waals surface area contributed by atoms with E-state index in [1.54, 1.807) is 18.2 Å². The fraction of sp³-hybridized carbons (Fsp3) is 0.462. The van der Waals surface area contributed by atoms with E-state index < -0.39 is 5.91 Å². The molecule has 5 nitrogen and oxygen atoms in total. The number of carbonyl (C=O) groups excluding carboxylic acids is 1. The number of benzene rings is 1. The molecule has 5 heteroatoms. The smallest absolute Gasteiger partial charge is 0.250 e. The number of nitrogens with two attached hydrogens (primary N) is 2. The minimum Gasteiger partial charge on any atom is -0.397 e. The summed E-state index contributed by atoms with van der Waals surface area (Å²) in [5, 5.41) is 3.18. The molecule has 0 saturated carbocycles. The summed E-state index contributed by atoms with van der Waals surface area (Å²) < 4.78 is 0. The Bertz CT molecular complexity index is 417. The number of likely N-dealkylation sites (N-methyl/N-ethyl adjacent to an activating group) is 1. The molecule has 1 aromatic rings. The van der Waals surface area contributed by atoms with E-state index in [2.05, 4.69) is 31.1 Å². The number of nitrogens with zero attached hydrogens (tertiary/aromatic N) is 1. The molecule has 0 fully saturated rings. The Morgan fingerprint density at radius 1 is 1.44 bits per heavy atom. The van der Waals surface area contributed by atoms with Crippen LogP contribution in [0.3, 0.4) is 0 Å². The van der Waals surface area contributed by atoms with E-state index in [1.165, 1.54) is 0 Å². The fourth-order valence-electron chi connectivity index (χ4n) is 1.59. The van der Waals surface area contributed by atoms with Gasteiger partial charge in [-0.1, -0.05) is 6.07 Å². The quantitative estimate of drug-likeness (QED) is 0.661. The minimum absolute atomic E-state index is 0.433. The van der Waals surface area contributed by atoms with Crippen molar-refractivity contribution < 1.29 is 4.79 Å². The van der Waals surface area contributed by atoms with Gasteiger partial charge < -0.3 is 21.7 Å². The van der Waals surface area contributed by atoms with Crippen molar-refractivity contribution in [3.63, 3.8) is 0 Å². The lowest BCUT2D eigenvalue weighted by Crippen LogP contribution is -2.31. The third-order valence-corrected chi connectivity index (χ3v) is 3.01. The zero-order chi connectivity index (χ0) is 13.7. The number of hydrogen-bond acceptors (Lipinski definition) is 4. The zero-order valence-corrected chi connectivity index (χ0v) is 11.2. The Kier molecular flexibility index (Phi) is 4.97. The molecule has 100 valence electrons.